The highest BCUT2D eigenvalue weighted by atomic mass is 32.1. The van der Waals surface area contributed by atoms with Crippen LogP contribution in [0.1, 0.15) is 54.0 Å². The lowest BCUT2D eigenvalue weighted by molar-refractivity contribution is -0.119. The molecule has 3 aromatic rings. The normalized spacial score (nSPS) is 15.6. The predicted octanol–water partition coefficient (Wildman–Crippen LogP) is 4.47. The molecule has 1 atom stereocenters. The lowest BCUT2D eigenvalue weighted by atomic mass is 10.1. The van der Waals surface area contributed by atoms with E-state index in [1.54, 1.807) is 43.0 Å². The monoisotopic (exact) mass is 477 g/mol. The molecule has 34 heavy (non-hydrogen) atoms. The van der Waals surface area contributed by atoms with Crippen LogP contribution in [0.3, 0.4) is 0 Å². The predicted molar refractivity (Wildman–Crippen MR) is 133 cm³/mol. The van der Waals surface area contributed by atoms with Crippen LogP contribution in [0.15, 0.2) is 48.5 Å². The zero-order chi connectivity index (χ0) is 24.2. The molecule has 9 heteroatoms. The Morgan fingerprint density at radius 1 is 1.12 bits per heavy atom. The van der Waals surface area contributed by atoms with Gasteiger partial charge in [-0.2, -0.15) is 0 Å². The highest BCUT2D eigenvalue weighted by Crippen LogP contribution is 2.34. The molecular formula is C25H27N5O3S. The molecule has 2 aromatic carbocycles. The van der Waals surface area contributed by atoms with Crippen molar-refractivity contribution in [3.63, 3.8) is 0 Å². The van der Waals surface area contributed by atoms with E-state index in [9.17, 15) is 14.4 Å². The summed E-state index contributed by atoms with van der Waals surface area (Å²) in [5, 5.41) is 15.0. The number of anilines is 3. The molecule has 1 aliphatic rings. The molecule has 0 radical (unpaired) electrons. The maximum atomic E-state index is 12.7. The van der Waals surface area contributed by atoms with Gasteiger partial charge in [0.2, 0.25) is 16.9 Å². The van der Waals surface area contributed by atoms with E-state index in [2.05, 4.69) is 27.8 Å². The molecule has 2 heterocycles. The molecule has 1 aromatic heterocycles. The van der Waals surface area contributed by atoms with Crippen molar-refractivity contribution in [2.75, 3.05) is 22.1 Å². The van der Waals surface area contributed by atoms with Crippen LogP contribution in [0.5, 0.6) is 0 Å². The Balaban J connectivity index is 1.40. The van der Waals surface area contributed by atoms with Gasteiger partial charge < -0.3 is 10.2 Å². The van der Waals surface area contributed by atoms with Gasteiger partial charge in [0.15, 0.2) is 0 Å². The van der Waals surface area contributed by atoms with Gasteiger partial charge >= 0.3 is 0 Å². The lowest BCUT2D eigenvalue weighted by Crippen LogP contribution is -2.24. The third-order valence-electron chi connectivity index (χ3n) is 5.71. The molecule has 3 amide bonds. The number of benzene rings is 2. The minimum atomic E-state index is -0.344. The number of hydrogen-bond donors (Lipinski definition) is 2. The molecule has 0 spiro atoms. The van der Waals surface area contributed by atoms with E-state index in [-0.39, 0.29) is 29.6 Å². The zero-order valence-electron chi connectivity index (χ0n) is 19.4. The van der Waals surface area contributed by atoms with Crippen LogP contribution in [0.2, 0.25) is 0 Å². The molecular weight excluding hydrogens is 450 g/mol. The van der Waals surface area contributed by atoms with E-state index in [0.717, 1.165) is 12.1 Å². The van der Waals surface area contributed by atoms with Gasteiger partial charge in [0, 0.05) is 41.7 Å². The van der Waals surface area contributed by atoms with Crippen molar-refractivity contribution in [3.05, 3.63) is 64.7 Å². The smallest absolute Gasteiger partial charge is 0.257 e. The van der Waals surface area contributed by atoms with Crippen molar-refractivity contribution in [1.29, 1.82) is 0 Å². The van der Waals surface area contributed by atoms with Gasteiger partial charge in [-0.25, -0.2) is 0 Å². The van der Waals surface area contributed by atoms with E-state index in [1.165, 1.54) is 16.9 Å². The molecule has 0 bridgehead atoms. The van der Waals surface area contributed by atoms with Crippen LogP contribution in [-0.4, -0.2) is 34.5 Å². The first-order valence-corrected chi connectivity index (χ1v) is 12.1. The Kier molecular flexibility index (Phi) is 7.02. The number of rotatable bonds is 7. The molecule has 8 nitrogen and oxygen atoms in total. The highest BCUT2D eigenvalue weighted by Gasteiger charge is 2.34. The largest absolute Gasteiger partial charge is 0.326 e. The summed E-state index contributed by atoms with van der Waals surface area (Å²) >= 11 is 1.27. The Labute approximate surface area is 202 Å². The second-order valence-electron chi connectivity index (χ2n) is 8.55. The minimum absolute atomic E-state index is 0.0512. The first-order chi connectivity index (χ1) is 16.3. The fraction of sp³-hybridized carbons (Fsp3) is 0.320. The molecule has 4 rings (SSSR count). The number of nitrogens with zero attached hydrogens (tertiary/aromatic N) is 3. The van der Waals surface area contributed by atoms with E-state index in [1.807, 2.05) is 24.3 Å². The Hall–Kier alpha value is -3.59. The quantitative estimate of drug-likeness (QED) is 0.523. The van der Waals surface area contributed by atoms with E-state index >= 15 is 0 Å². The first kappa shape index (κ1) is 23.6. The number of carbonyl (C=O) groups excluding carboxylic acids is 3. The van der Waals surface area contributed by atoms with Crippen molar-refractivity contribution in [1.82, 2.24) is 10.2 Å². The van der Waals surface area contributed by atoms with Gasteiger partial charge in [0.1, 0.15) is 5.01 Å². The van der Waals surface area contributed by atoms with Gasteiger partial charge in [-0.15, -0.1) is 10.2 Å². The summed E-state index contributed by atoms with van der Waals surface area (Å²) < 4.78 is 0. The topological polar surface area (TPSA) is 104 Å². The van der Waals surface area contributed by atoms with Crippen LogP contribution in [-0.2, 0) is 16.0 Å². The van der Waals surface area contributed by atoms with Crippen molar-refractivity contribution >= 4 is 45.6 Å². The van der Waals surface area contributed by atoms with Crippen LogP contribution in [0.4, 0.5) is 16.5 Å². The first-order valence-electron chi connectivity index (χ1n) is 11.3. The fourth-order valence-corrected chi connectivity index (χ4v) is 4.51. The fourth-order valence-electron chi connectivity index (χ4n) is 3.68. The summed E-state index contributed by atoms with van der Waals surface area (Å²) in [5.74, 6) is -0.644. The molecule has 0 unspecified atom stereocenters. The van der Waals surface area contributed by atoms with Crippen LogP contribution in [0, 0.1) is 5.92 Å². The highest BCUT2D eigenvalue weighted by molar-refractivity contribution is 7.15. The summed E-state index contributed by atoms with van der Waals surface area (Å²) in [4.78, 5) is 39.0. The average molecular weight is 478 g/mol. The van der Waals surface area contributed by atoms with Gasteiger partial charge in [0.05, 0.1) is 0 Å². The Bertz CT molecular complexity index is 1210. The molecule has 0 saturated carbocycles. The van der Waals surface area contributed by atoms with Crippen molar-refractivity contribution < 1.29 is 14.4 Å². The molecule has 176 valence electrons. The van der Waals surface area contributed by atoms with Gasteiger partial charge in [-0.05, 0) is 42.3 Å². The summed E-state index contributed by atoms with van der Waals surface area (Å²) in [6, 6.07) is 14.8. The third-order valence-corrected chi connectivity index (χ3v) is 6.71. The van der Waals surface area contributed by atoms with Crippen molar-refractivity contribution in [2.45, 2.75) is 39.5 Å². The maximum absolute atomic E-state index is 12.7. The number of hydrogen-bond acceptors (Lipinski definition) is 6. The number of aromatic nitrogens is 2. The summed E-state index contributed by atoms with van der Waals surface area (Å²) in [6.45, 7) is 6.24. The number of nitrogens with one attached hydrogen (secondary N) is 2. The SMILES string of the molecule is CCc1ccc(N2C[C@H](c3nnc(NC(=O)c4cccc(NC(=O)C(C)C)c4)s3)CC2=O)cc1. The number of carbonyl (C=O) groups is 3. The van der Waals surface area contributed by atoms with E-state index in [0.29, 0.717) is 34.4 Å². The average Bonchev–Trinajstić information content (AvgIpc) is 3.45. The van der Waals surface area contributed by atoms with Crippen LogP contribution < -0.4 is 15.5 Å². The molecule has 1 aliphatic heterocycles. The zero-order valence-corrected chi connectivity index (χ0v) is 20.2. The molecule has 1 fully saturated rings. The minimum Gasteiger partial charge on any atom is -0.326 e. The third kappa shape index (κ3) is 5.31. The van der Waals surface area contributed by atoms with Crippen LogP contribution in [0.25, 0.3) is 0 Å². The van der Waals surface area contributed by atoms with Gasteiger partial charge in [-0.3, -0.25) is 19.7 Å². The Morgan fingerprint density at radius 3 is 2.59 bits per heavy atom. The Morgan fingerprint density at radius 2 is 1.88 bits per heavy atom. The van der Waals surface area contributed by atoms with Crippen molar-refractivity contribution in [2.24, 2.45) is 5.92 Å². The molecule has 2 N–H and O–H groups in total. The van der Waals surface area contributed by atoms with Crippen LogP contribution >= 0.6 is 11.3 Å². The second kappa shape index (κ2) is 10.1. The van der Waals surface area contributed by atoms with Gasteiger partial charge in [-0.1, -0.05) is 50.3 Å². The van der Waals surface area contributed by atoms with Crippen molar-refractivity contribution in [3.8, 4) is 0 Å². The lowest BCUT2D eigenvalue weighted by Gasteiger charge is -2.16. The van der Waals surface area contributed by atoms with Gasteiger partial charge in [0.25, 0.3) is 5.91 Å². The summed E-state index contributed by atoms with van der Waals surface area (Å²) in [6.07, 6.45) is 1.31. The maximum Gasteiger partial charge on any atom is 0.257 e. The summed E-state index contributed by atoms with van der Waals surface area (Å²) in [7, 11) is 0. The standard InChI is InChI=1S/C25H27N5O3S/c1-4-16-8-10-20(11-9-16)30-14-18(13-21(30)31)24-28-29-25(34-24)27-23(33)17-6-5-7-19(12-17)26-22(32)15(2)3/h5-12,15,18H,4,13-14H2,1-3H3,(H,26,32)(H,27,29,33)/t18-/m1/s1. The number of aryl methyl sites for hydroxylation is 1. The molecule has 1 saturated heterocycles. The second-order valence-corrected chi connectivity index (χ2v) is 9.56. The van der Waals surface area contributed by atoms with E-state index in [4.69, 9.17) is 0 Å². The van der Waals surface area contributed by atoms with E-state index < -0.39 is 0 Å². The summed E-state index contributed by atoms with van der Waals surface area (Å²) in [5.41, 5.74) is 3.06. The number of amides is 3. The molecule has 0 aliphatic carbocycles.